The first-order valence-electron chi connectivity index (χ1n) is 23.9. The Labute approximate surface area is 463 Å². The predicted octanol–water partition coefficient (Wildman–Crippen LogP) is -1.26. The van der Waals surface area contributed by atoms with E-state index in [2.05, 4.69) is 49.8 Å². The minimum Gasteiger partial charge on any atom is -0.394 e. The van der Waals surface area contributed by atoms with Crippen LogP contribution in [0.4, 0.5) is 23.4 Å². The molecule has 0 radical (unpaired) electrons. The Morgan fingerprint density at radius 3 is 1.52 bits per heavy atom. The molecule has 4 aliphatic rings. The number of anilines is 4. The molecule has 3 unspecified atom stereocenters. The van der Waals surface area contributed by atoms with Crippen LogP contribution in [0, 0.1) is 0 Å². The molecule has 0 saturated carbocycles. The first-order valence-corrected chi connectivity index (χ1v) is 31.7. The van der Waals surface area contributed by atoms with Crippen LogP contribution in [0.15, 0.2) is 53.5 Å². The summed E-state index contributed by atoms with van der Waals surface area (Å²) in [6.45, 7) is -15.0. The average molecular weight is 1230 g/mol. The molecule has 11 rings (SSSR count). The largest absolute Gasteiger partial charge is 0.394 e. The number of imidazole rings is 3. The van der Waals surface area contributed by atoms with Crippen molar-refractivity contribution in [2.24, 2.45) is 0 Å². The van der Waals surface area contributed by atoms with Crippen LogP contribution in [0.5, 0.6) is 0 Å². The van der Waals surface area contributed by atoms with Crippen molar-refractivity contribution >= 4 is 112 Å². The lowest BCUT2D eigenvalue weighted by Gasteiger charge is -2.28. The third-order valence-electron chi connectivity index (χ3n) is 13.3. The van der Waals surface area contributed by atoms with Gasteiger partial charge in [-0.2, -0.15) is 9.97 Å². The molecule has 4 fully saturated rings. The standard InChI is InChI=1S/C39H49N18O17P3S3/c40-24-1-2-54(39(61)51-24)25-3-16(59)21(69-25)8-65-75(62,78)73-18-5-27(56-14-49-30-33(42)45-12-47-35(30)56)70-22(18)9-67-77(64,80)74-19-6-28(57-15-50-31-36(57)52-38(43)53-37(31)60)71-23(19)10-66-76(63,79)72-17-4-26(68-20(17)7-58)55-13-48-29-32(41)44-11-46-34(29)55/h1-2,11-23,25-28,58-59H,3-10H2,(H,62,78)(H,63,79)(H,64,80)(H2,40,51,61)(H2,41,44,46)(H2,42,45,47)(H3,43,52,53,60)/t16-,17-,18-,19-,20+,21+,22+,23+,25+,26+,27+,28+,75?,76?,77?/m0/s1. The van der Waals surface area contributed by atoms with E-state index in [9.17, 15) is 34.5 Å². The van der Waals surface area contributed by atoms with Gasteiger partial charge in [0.05, 0.1) is 69.8 Å². The molecule has 0 bridgehead atoms. The molecule has 7 aromatic rings. The smallest absolute Gasteiger partial charge is 0.351 e. The molecular formula is C39H49N18O17P3S3. The van der Waals surface area contributed by atoms with Gasteiger partial charge in [0.25, 0.3) is 5.56 Å². The molecule has 14 N–H and O–H groups in total. The Morgan fingerprint density at radius 1 is 0.588 bits per heavy atom. The van der Waals surface area contributed by atoms with E-state index in [0.29, 0.717) is 11.2 Å². The maximum Gasteiger partial charge on any atom is 0.351 e. The van der Waals surface area contributed by atoms with Gasteiger partial charge in [-0.1, -0.05) is 0 Å². The summed E-state index contributed by atoms with van der Waals surface area (Å²) < 4.78 is 65.9. The summed E-state index contributed by atoms with van der Waals surface area (Å²) in [5.41, 5.74) is 23.4. The van der Waals surface area contributed by atoms with E-state index >= 15 is 0 Å². The molecular weight excluding hydrogens is 1180 g/mol. The summed E-state index contributed by atoms with van der Waals surface area (Å²) in [7, 11) is 0. The SMILES string of the molecule is Nc1ccn([C@H]2C[C@H](O)[C@@H](COP(O)(=S)O[C@H]3C[C@H](n4cnc5c(N)ncnc54)O[C@@H]3COP(O)(=S)O[C@H]3C[C@H](n4cnc5c(=O)[nH]c(N)nc54)O[C@@H]3COP(O)(=S)O[C@H]3C[C@H](n4cnc5c(N)ncnc54)O[C@@H]3CO)O2)c(=O)n1. The lowest BCUT2D eigenvalue weighted by atomic mass is 10.2. The van der Waals surface area contributed by atoms with Crippen LogP contribution >= 0.6 is 20.2 Å². The highest BCUT2D eigenvalue weighted by Crippen LogP contribution is 2.54. The Hall–Kier alpha value is -5.12. The van der Waals surface area contributed by atoms with Gasteiger partial charge in [0.1, 0.15) is 78.8 Å². The van der Waals surface area contributed by atoms with Crippen molar-refractivity contribution < 1.29 is 71.0 Å². The highest BCUT2D eigenvalue weighted by Gasteiger charge is 2.47. The fourth-order valence-electron chi connectivity index (χ4n) is 9.51. The molecule has 430 valence electrons. The van der Waals surface area contributed by atoms with Crippen molar-refractivity contribution in [3.8, 4) is 0 Å². The number of aliphatic hydroxyl groups is 2. The van der Waals surface area contributed by atoms with Crippen molar-refractivity contribution in [1.29, 1.82) is 0 Å². The van der Waals surface area contributed by atoms with E-state index in [1.54, 1.807) is 4.57 Å². The fraction of sp³-hybridized carbons (Fsp3) is 0.513. The van der Waals surface area contributed by atoms with E-state index in [-0.39, 0.29) is 71.4 Å². The van der Waals surface area contributed by atoms with Crippen LogP contribution in [0.3, 0.4) is 0 Å². The quantitative estimate of drug-likeness (QED) is 0.0398. The number of nitrogens with zero attached hydrogens (tertiary/aromatic N) is 13. The van der Waals surface area contributed by atoms with E-state index in [4.69, 9.17) is 104 Å². The number of aliphatic hydroxyl groups excluding tert-OH is 2. The highest BCUT2D eigenvalue weighted by atomic mass is 32.5. The Balaban J connectivity index is 0.789. The third kappa shape index (κ3) is 11.9. The first-order chi connectivity index (χ1) is 38.1. The van der Waals surface area contributed by atoms with Gasteiger partial charge in [-0.05, 0) is 41.5 Å². The van der Waals surface area contributed by atoms with Crippen LogP contribution in [0.1, 0.15) is 50.6 Å². The first kappa shape index (κ1) is 56.7. The second-order valence-corrected chi connectivity index (χ2v) is 26.8. The van der Waals surface area contributed by atoms with Crippen LogP contribution < -0.4 is 34.2 Å². The molecule has 4 aliphatic heterocycles. The Bertz CT molecular complexity index is 3730. The Kier molecular flexibility index (Phi) is 16.0. The van der Waals surface area contributed by atoms with E-state index in [0.717, 1.165) is 4.57 Å². The van der Waals surface area contributed by atoms with Gasteiger partial charge < -0.3 is 93.9 Å². The number of nitrogens with one attached hydrogen (secondary N) is 1. The highest BCUT2D eigenvalue weighted by molar-refractivity contribution is 8.07. The number of fused-ring (bicyclic) bond motifs is 3. The number of hydrogen-bond donors (Lipinski definition) is 10. The zero-order valence-electron chi connectivity index (χ0n) is 41.0. The molecule has 41 heteroatoms. The zero-order chi connectivity index (χ0) is 56.4. The van der Waals surface area contributed by atoms with Crippen molar-refractivity contribution in [2.75, 3.05) is 49.4 Å². The fourth-order valence-corrected chi connectivity index (χ4v) is 13.9. The molecule has 35 nitrogen and oxygen atoms in total. The van der Waals surface area contributed by atoms with Crippen LogP contribution in [0.25, 0.3) is 33.5 Å². The predicted molar refractivity (Wildman–Crippen MR) is 284 cm³/mol. The molecule has 0 aromatic carbocycles. The lowest BCUT2D eigenvalue weighted by Crippen LogP contribution is -2.31. The van der Waals surface area contributed by atoms with Crippen molar-refractivity contribution in [3.05, 3.63) is 64.7 Å². The number of hydrogen-bond acceptors (Lipinski definition) is 30. The maximum absolute atomic E-state index is 12.7. The lowest BCUT2D eigenvalue weighted by molar-refractivity contribution is -0.0554. The second-order valence-electron chi connectivity index (χ2n) is 18.4. The van der Waals surface area contributed by atoms with Crippen molar-refractivity contribution in [3.63, 3.8) is 0 Å². The third-order valence-corrected chi connectivity index (χ3v) is 18.0. The summed E-state index contributed by atoms with van der Waals surface area (Å²) in [5, 5.41) is 21.1. The Morgan fingerprint density at radius 2 is 1.02 bits per heavy atom. The normalized spacial score (nSPS) is 29.4. The van der Waals surface area contributed by atoms with Crippen molar-refractivity contribution in [1.82, 2.24) is 68.1 Å². The van der Waals surface area contributed by atoms with Gasteiger partial charge in [-0.15, -0.1) is 0 Å². The number of ether oxygens (including phenoxy) is 4. The number of rotatable bonds is 20. The van der Waals surface area contributed by atoms with E-state index in [1.807, 2.05) is 0 Å². The number of H-pyrrole nitrogens is 1. The van der Waals surface area contributed by atoms with E-state index < -0.39 is 132 Å². The summed E-state index contributed by atoms with van der Waals surface area (Å²) in [6, 6.07) is 1.39. The van der Waals surface area contributed by atoms with Gasteiger partial charge in [-0.25, -0.2) is 39.7 Å². The number of aromatic nitrogens is 14. The van der Waals surface area contributed by atoms with Gasteiger partial charge in [0, 0.05) is 31.9 Å². The van der Waals surface area contributed by atoms with Crippen LogP contribution in [-0.2, 0) is 81.5 Å². The number of aromatic amines is 1. The molecule has 11 heterocycles. The van der Waals surface area contributed by atoms with Crippen molar-refractivity contribution in [2.45, 2.75) is 99.4 Å². The van der Waals surface area contributed by atoms with Gasteiger partial charge >= 0.3 is 25.8 Å². The summed E-state index contributed by atoms with van der Waals surface area (Å²) in [5.74, 6) is 0.0148. The summed E-state index contributed by atoms with van der Waals surface area (Å²) in [6.07, 6.45) is -4.88. The summed E-state index contributed by atoms with van der Waals surface area (Å²) in [4.78, 5) is 99.5. The maximum atomic E-state index is 12.7. The van der Waals surface area contributed by atoms with Gasteiger partial charge in [0.15, 0.2) is 34.1 Å². The minimum atomic E-state index is -4.41. The molecule has 7 aromatic heterocycles. The topological polar surface area (TPSA) is 483 Å². The second kappa shape index (κ2) is 22.6. The van der Waals surface area contributed by atoms with E-state index in [1.165, 1.54) is 53.0 Å². The van der Waals surface area contributed by atoms with Crippen LogP contribution in [0.2, 0.25) is 0 Å². The molecule has 15 atom stereocenters. The average Bonchev–Trinajstić information content (AvgIpc) is 4.29. The number of nitrogens with two attached hydrogens (primary N) is 4. The van der Waals surface area contributed by atoms with Gasteiger partial charge in [-0.3, -0.25) is 28.0 Å². The number of nitrogen functional groups attached to an aromatic ring is 4. The minimum absolute atomic E-state index is 0.00188. The molecule has 80 heavy (non-hydrogen) atoms. The molecule has 0 spiro atoms. The van der Waals surface area contributed by atoms with Crippen LogP contribution in [-0.4, -0.2) is 168 Å². The zero-order valence-corrected chi connectivity index (χ0v) is 46.1. The molecule has 0 aliphatic carbocycles. The molecule has 4 saturated heterocycles. The summed E-state index contributed by atoms with van der Waals surface area (Å²) >= 11 is 16.5. The molecule has 0 amide bonds. The monoisotopic (exact) mass is 1230 g/mol. The van der Waals surface area contributed by atoms with Gasteiger partial charge in [0.2, 0.25) is 5.95 Å².